The van der Waals surface area contributed by atoms with Crippen LogP contribution in [-0.4, -0.2) is 36.9 Å². The van der Waals surface area contributed by atoms with Crippen LogP contribution in [0.25, 0.3) is 0 Å². The van der Waals surface area contributed by atoms with Crippen molar-refractivity contribution in [1.82, 2.24) is 0 Å². The minimum Gasteiger partial charge on any atom is -0.307 e. The van der Waals surface area contributed by atoms with Crippen LogP contribution in [0.5, 0.6) is 0 Å². The van der Waals surface area contributed by atoms with Crippen LogP contribution in [0.2, 0.25) is 0 Å². The van der Waals surface area contributed by atoms with Crippen LogP contribution in [-0.2, 0) is 27.2 Å². The number of hydrogen-bond acceptors (Lipinski definition) is 8. The SMILES string of the molecule is CCOP(=O)(OCC)C(C)(Sc1ccc(SC)cc1)P(=O)(OCC)OCC. The highest BCUT2D eigenvalue weighted by Crippen LogP contribution is 2.82. The van der Waals surface area contributed by atoms with Crippen LogP contribution in [0, 0.1) is 0 Å². The van der Waals surface area contributed by atoms with Crippen LogP contribution in [0.3, 0.4) is 0 Å². The highest BCUT2D eigenvalue weighted by Gasteiger charge is 2.63. The van der Waals surface area contributed by atoms with Crippen molar-refractivity contribution in [1.29, 1.82) is 0 Å². The molecule has 0 heterocycles. The van der Waals surface area contributed by atoms with Crippen LogP contribution in [0.1, 0.15) is 34.6 Å². The zero-order chi connectivity index (χ0) is 20.6. The normalized spacial score (nSPS) is 13.1. The number of hydrogen-bond donors (Lipinski definition) is 0. The van der Waals surface area contributed by atoms with Gasteiger partial charge in [0.25, 0.3) is 0 Å². The third-order valence-electron chi connectivity index (χ3n) is 3.58. The van der Waals surface area contributed by atoms with Crippen molar-refractivity contribution in [2.45, 2.75) is 48.6 Å². The van der Waals surface area contributed by atoms with Gasteiger partial charge in [0.1, 0.15) is 0 Å². The molecule has 0 bridgehead atoms. The molecular weight excluding hydrogens is 426 g/mol. The van der Waals surface area contributed by atoms with Gasteiger partial charge < -0.3 is 18.1 Å². The van der Waals surface area contributed by atoms with Crippen molar-refractivity contribution in [3.8, 4) is 0 Å². The molecule has 0 unspecified atom stereocenters. The highest BCUT2D eigenvalue weighted by atomic mass is 32.2. The molecular formula is C17H30O6P2S2. The summed E-state index contributed by atoms with van der Waals surface area (Å²) in [7, 11) is -7.72. The zero-order valence-corrected chi connectivity index (χ0v) is 20.2. The lowest BCUT2D eigenvalue weighted by molar-refractivity contribution is 0.193. The largest absolute Gasteiger partial charge is 0.358 e. The van der Waals surface area contributed by atoms with E-state index in [4.69, 9.17) is 18.1 Å². The van der Waals surface area contributed by atoms with E-state index in [9.17, 15) is 9.13 Å². The summed E-state index contributed by atoms with van der Waals surface area (Å²) in [5.41, 5.74) is 0. The molecule has 156 valence electrons. The Bertz CT molecular complexity index is 618. The fraction of sp³-hybridized carbons (Fsp3) is 0.647. The van der Waals surface area contributed by atoms with E-state index in [2.05, 4.69) is 0 Å². The summed E-state index contributed by atoms with van der Waals surface area (Å²) >= 11 is 2.77. The highest BCUT2D eigenvalue weighted by molar-refractivity contribution is 8.14. The summed E-state index contributed by atoms with van der Waals surface area (Å²) in [5, 5.41) is 0. The maximum atomic E-state index is 13.8. The molecule has 10 heteroatoms. The topological polar surface area (TPSA) is 71.1 Å². The van der Waals surface area contributed by atoms with Crippen LogP contribution in [0.4, 0.5) is 0 Å². The summed E-state index contributed by atoms with van der Waals surface area (Å²) < 4.78 is 48.2. The summed E-state index contributed by atoms with van der Waals surface area (Å²) in [5.74, 6) is 0. The molecule has 1 rings (SSSR count). The monoisotopic (exact) mass is 456 g/mol. The molecule has 27 heavy (non-hydrogen) atoms. The van der Waals surface area contributed by atoms with E-state index in [1.54, 1.807) is 46.4 Å². The number of rotatable bonds is 13. The molecule has 0 saturated carbocycles. The Kier molecular flexibility index (Phi) is 10.7. The molecule has 0 N–H and O–H groups in total. The molecule has 1 aromatic rings. The van der Waals surface area contributed by atoms with Gasteiger partial charge in [-0.3, -0.25) is 9.13 Å². The van der Waals surface area contributed by atoms with Crippen LogP contribution in [0.15, 0.2) is 34.1 Å². The standard InChI is InChI=1S/C17H30O6P2S2/c1-7-20-24(18,21-8-2)17(5,25(19,22-9-3)23-10-4)27-16-13-11-15(26-6)12-14-16/h11-14H,7-10H2,1-6H3. The molecule has 0 aromatic heterocycles. The van der Waals surface area contributed by atoms with Gasteiger partial charge in [-0.2, -0.15) is 0 Å². The smallest absolute Gasteiger partial charge is 0.307 e. The van der Waals surface area contributed by atoms with Gasteiger partial charge in [0.2, 0.25) is 4.23 Å². The first-order chi connectivity index (χ1) is 12.8. The molecule has 0 radical (unpaired) electrons. The molecule has 0 aliphatic carbocycles. The maximum Gasteiger partial charge on any atom is 0.358 e. The molecule has 0 amide bonds. The Morgan fingerprint density at radius 2 is 1.11 bits per heavy atom. The summed E-state index contributed by atoms with van der Waals surface area (Å²) in [6.45, 7) is 9.06. The average molecular weight is 457 g/mol. The van der Waals surface area contributed by atoms with Crippen molar-refractivity contribution in [3.63, 3.8) is 0 Å². The fourth-order valence-corrected chi connectivity index (χ4v) is 10.0. The minimum absolute atomic E-state index is 0.150. The lowest BCUT2D eigenvalue weighted by Gasteiger charge is -2.39. The third kappa shape index (κ3) is 5.86. The van der Waals surface area contributed by atoms with Crippen molar-refractivity contribution < 1.29 is 27.2 Å². The molecule has 1 aromatic carbocycles. The van der Waals surface area contributed by atoms with Crippen molar-refractivity contribution in [2.75, 3.05) is 32.7 Å². The molecule has 0 spiro atoms. The van der Waals surface area contributed by atoms with E-state index in [0.29, 0.717) is 0 Å². The number of thioether (sulfide) groups is 2. The second-order valence-corrected chi connectivity index (χ2v) is 13.5. The molecule has 0 aliphatic heterocycles. The number of benzene rings is 1. The van der Waals surface area contributed by atoms with Gasteiger partial charge in [0.15, 0.2) is 0 Å². The van der Waals surface area contributed by atoms with Gasteiger partial charge in [-0.05, 0) is 65.1 Å². The lowest BCUT2D eigenvalue weighted by Crippen LogP contribution is -2.26. The Hall–Kier alpha value is 0.220. The van der Waals surface area contributed by atoms with Crippen molar-refractivity contribution in [2.24, 2.45) is 0 Å². The predicted octanol–water partition coefficient (Wildman–Crippen LogP) is 6.71. The molecule has 0 saturated heterocycles. The molecule has 6 nitrogen and oxygen atoms in total. The van der Waals surface area contributed by atoms with E-state index < -0.39 is 19.4 Å². The quantitative estimate of drug-likeness (QED) is 0.240. The first kappa shape index (κ1) is 25.3. The van der Waals surface area contributed by atoms with E-state index in [1.165, 1.54) is 0 Å². The second-order valence-electron chi connectivity index (χ2n) is 5.38. The maximum absolute atomic E-state index is 13.8. The molecule has 0 atom stereocenters. The molecule has 0 aliphatic rings. The summed E-state index contributed by atoms with van der Waals surface area (Å²) in [6.07, 6.45) is 1.99. The van der Waals surface area contributed by atoms with Crippen molar-refractivity contribution in [3.05, 3.63) is 24.3 Å². The Balaban J connectivity index is 3.52. The zero-order valence-electron chi connectivity index (χ0n) is 16.8. The lowest BCUT2D eigenvalue weighted by atomic mass is 10.4. The fourth-order valence-electron chi connectivity index (χ4n) is 2.36. The van der Waals surface area contributed by atoms with Crippen LogP contribution >= 0.6 is 38.7 Å². The first-order valence-corrected chi connectivity index (χ1v) is 14.0. The summed E-state index contributed by atoms with van der Waals surface area (Å²) in [4.78, 5) is 1.87. The predicted molar refractivity (Wildman–Crippen MR) is 114 cm³/mol. The average Bonchev–Trinajstić information content (AvgIpc) is 2.63. The van der Waals surface area contributed by atoms with E-state index in [1.807, 2.05) is 30.5 Å². The van der Waals surface area contributed by atoms with Gasteiger partial charge in [-0.1, -0.05) is 11.8 Å². The molecule has 0 fully saturated rings. The second kappa shape index (κ2) is 11.4. The van der Waals surface area contributed by atoms with Crippen molar-refractivity contribution >= 4 is 38.7 Å². The van der Waals surface area contributed by atoms with E-state index in [-0.39, 0.29) is 26.4 Å². The van der Waals surface area contributed by atoms with Gasteiger partial charge in [-0.15, -0.1) is 11.8 Å². The van der Waals surface area contributed by atoms with Crippen LogP contribution < -0.4 is 0 Å². The third-order valence-corrected chi connectivity index (χ3v) is 13.0. The van der Waals surface area contributed by atoms with Gasteiger partial charge in [0, 0.05) is 9.79 Å². The van der Waals surface area contributed by atoms with Gasteiger partial charge in [0.05, 0.1) is 26.4 Å². The summed E-state index contributed by atoms with van der Waals surface area (Å²) in [6, 6.07) is 7.68. The van der Waals surface area contributed by atoms with E-state index >= 15 is 0 Å². The minimum atomic E-state index is -3.86. The first-order valence-electron chi connectivity index (χ1n) is 8.87. The van der Waals surface area contributed by atoms with Gasteiger partial charge >= 0.3 is 15.2 Å². The Morgan fingerprint density at radius 1 is 0.778 bits per heavy atom. The van der Waals surface area contributed by atoms with Gasteiger partial charge in [-0.25, -0.2) is 0 Å². The van der Waals surface area contributed by atoms with E-state index in [0.717, 1.165) is 21.6 Å². The Morgan fingerprint density at radius 3 is 1.41 bits per heavy atom. The Labute approximate surface area is 171 Å².